The average Bonchev–Trinajstić information content (AvgIpc) is 3.29. The van der Waals surface area contributed by atoms with Gasteiger partial charge < -0.3 is 19.5 Å². The molecule has 29 heavy (non-hydrogen) atoms. The number of aromatic nitrogens is 2. The third-order valence-electron chi connectivity index (χ3n) is 5.10. The number of furan rings is 1. The lowest BCUT2D eigenvalue weighted by Gasteiger charge is -2.35. The zero-order valence-corrected chi connectivity index (χ0v) is 16.7. The minimum atomic E-state index is -0.0652. The van der Waals surface area contributed by atoms with Crippen LogP contribution < -0.4 is 10.2 Å². The molecule has 1 fully saturated rings. The molecule has 0 unspecified atom stereocenters. The van der Waals surface area contributed by atoms with Crippen molar-refractivity contribution >= 4 is 23.4 Å². The molecule has 1 aliphatic rings. The first-order valence-corrected chi connectivity index (χ1v) is 9.88. The fourth-order valence-corrected chi connectivity index (χ4v) is 3.36. The van der Waals surface area contributed by atoms with E-state index in [2.05, 4.69) is 46.2 Å². The second-order valence-corrected chi connectivity index (χ2v) is 7.40. The third kappa shape index (κ3) is 4.39. The van der Waals surface area contributed by atoms with Crippen LogP contribution in [0.4, 0.5) is 17.5 Å². The van der Waals surface area contributed by atoms with Gasteiger partial charge in [-0.25, -0.2) is 4.98 Å². The van der Waals surface area contributed by atoms with Crippen LogP contribution in [0.2, 0.25) is 0 Å². The Morgan fingerprint density at radius 2 is 1.83 bits per heavy atom. The van der Waals surface area contributed by atoms with Crippen molar-refractivity contribution in [1.82, 2.24) is 14.9 Å². The van der Waals surface area contributed by atoms with E-state index in [1.165, 1.54) is 11.8 Å². The highest BCUT2D eigenvalue weighted by molar-refractivity contribution is 5.91. The molecule has 3 heterocycles. The van der Waals surface area contributed by atoms with Crippen LogP contribution in [0.15, 0.2) is 59.3 Å². The zero-order chi connectivity index (χ0) is 20.2. The van der Waals surface area contributed by atoms with Crippen molar-refractivity contribution in [1.29, 1.82) is 0 Å². The van der Waals surface area contributed by atoms with Crippen molar-refractivity contribution in [3.8, 4) is 0 Å². The molecule has 7 nitrogen and oxygen atoms in total. The number of carbonyl (C=O) groups is 1. The lowest BCUT2D eigenvalue weighted by atomic mass is 10.0. The minimum absolute atomic E-state index is 0.0652. The summed E-state index contributed by atoms with van der Waals surface area (Å²) in [6, 6.07) is 13.7. The first kappa shape index (κ1) is 19.0. The van der Waals surface area contributed by atoms with E-state index in [1.54, 1.807) is 18.3 Å². The highest BCUT2D eigenvalue weighted by atomic mass is 16.3. The third-order valence-corrected chi connectivity index (χ3v) is 5.10. The predicted octanol–water partition coefficient (Wildman–Crippen LogP) is 3.90. The lowest BCUT2D eigenvalue weighted by molar-refractivity contribution is 0.0714. The van der Waals surface area contributed by atoms with E-state index in [9.17, 15) is 4.79 Å². The molecule has 0 saturated carbocycles. The van der Waals surface area contributed by atoms with E-state index in [4.69, 9.17) is 4.42 Å². The van der Waals surface area contributed by atoms with E-state index in [0.29, 0.717) is 43.8 Å². The maximum absolute atomic E-state index is 12.4. The van der Waals surface area contributed by atoms with Crippen LogP contribution in [-0.2, 0) is 0 Å². The summed E-state index contributed by atoms with van der Waals surface area (Å²) in [4.78, 5) is 25.4. The summed E-state index contributed by atoms with van der Waals surface area (Å²) in [7, 11) is 0. The Morgan fingerprint density at radius 1 is 1.07 bits per heavy atom. The summed E-state index contributed by atoms with van der Waals surface area (Å²) in [5.41, 5.74) is 2.26. The van der Waals surface area contributed by atoms with E-state index in [-0.39, 0.29) is 5.91 Å². The SMILES string of the molecule is CC(C)c1ccc(Nc2nccc(N3CCN(C(=O)c4ccco4)CC3)n2)cc1. The number of nitrogens with one attached hydrogen (secondary N) is 1. The molecule has 2 aromatic heterocycles. The molecule has 1 aliphatic heterocycles. The molecule has 0 atom stereocenters. The molecule has 150 valence electrons. The predicted molar refractivity (Wildman–Crippen MR) is 113 cm³/mol. The summed E-state index contributed by atoms with van der Waals surface area (Å²) < 4.78 is 5.22. The maximum Gasteiger partial charge on any atom is 0.289 e. The summed E-state index contributed by atoms with van der Waals surface area (Å²) in [5.74, 6) is 2.24. The Balaban J connectivity index is 1.38. The number of anilines is 3. The van der Waals surface area contributed by atoms with Crippen molar-refractivity contribution < 1.29 is 9.21 Å². The molecule has 0 radical (unpaired) electrons. The van der Waals surface area contributed by atoms with Crippen molar-refractivity contribution in [2.75, 3.05) is 36.4 Å². The largest absolute Gasteiger partial charge is 0.459 e. The zero-order valence-electron chi connectivity index (χ0n) is 16.7. The van der Waals surface area contributed by atoms with Crippen molar-refractivity contribution in [2.24, 2.45) is 0 Å². The van der Waals surface area contributed by atoms with Gasteiger partial charge in [0.25, 0.3) is 5.91 Å². The number of piperazine rings is 1. The fraction of sp³-hybridized carbons (Fsp3) is 0.318. The molecule has 0 bridgehead atoms. The number of nitrogens with zero attached hydrogens (tertiary/aromatic N) is 4. The Labute approximate surface area is 170 Å². The second kappa shape index (κ2) is 8.34. The fourth-order valence-electron chi connectivity index (χ4n) is 3.36. The Hall–Kier alpha value is -3.35. The van der Waals surface area contributed by atoms with Gasteiger partial charge >= 0.3 is 0 Å². The van der Waals surface area contributed by atoms with Crippen LogP contribution in [0.25, 0.3) is 0 Å². The van der Waals surface area contributed by atoms with Crippen LogP contribution in [-0.4, -0.2) is 47.0 Å². The van der Waals surface area contributed by atoms with E-state index in [0.717, 1.165) is 11.5 Å². The Kier molecular flexibility index (Phi) is 5.46. The van der Waals surface area contributed by atoms with Gasteiger partial charge in [0.15, 0.2) is 5.76 Å². The van der Waals surface area contributed by atoms with Crippen LogP contribution in [0.5, 0.6) is 0 Å². The highest BCUT2D eigenvalue weighted by Crippen LogP contribution is 2.21. The van der Waals surface area contributed by atoms with Crippen molar-refractivity contribution in [3.05, 3.63) is 66.2 Å². The maximum atomic E-state index is 12.4. The van der Waals surface area contributed by atoms with Gasteiger partial charge in [0.1, 0.15) is 5.82 Å². The van der Waals surface area contributed by atoms with Crippen LogP contribution >= 0.6 is 0 Å². The number of carbonyl (C=O) groups excluding carboxylic acids is 1. The van der Waals surface area contributed by atoms with Gasteiger partial charge in [-0.05, 0) is 41.8 Å². The molecule has 1 N–H and O–H groups in total. The number of amides is 1. The standard InChI is InChI=1S/C22H25N5O2/c1-16(2)17-5-7-18(8-6-17)24-22-23-10-9-20(25-22)26-11-13-27(14-12-26)21(28)19-4-3-15-29-19/h3-10,15-16H,11-14H2,1-2H3,(H,23,24,25). The Morgan fingerprint density at radius 3 is 2.48 bits per heavy atom. The molecular formula is C22H25N5O2. The molecule has 0 aliphatic carbocycles. The second-order valence-electron chi connectivity index (χ2n) is 7.40. The van der Waals surface area contributed by atoms with Crippen LogP contribution in [0, 0.1) is 0 Å². The first-order chi connectivity index (χ1) is 14.1. The van der Waals surface area contributed by atoms with Gasteiger partial charge in [-0.15, -0.1) is 0 Å². The molecule has 0 spiro atoms. The highest BCUT2D eigenvalue weighted by Gasteiger charge is 2.24. The molecule has 1 saturated heterocycles. The summed E-state index contributed by atoms with van der Waals surface area (Å²) in [6.45, 7) is 7.04. The van der Waals surface area contributed by atoms with Gasteiger partial charge in [-0.2, -0.15) is 4.98 Å². The lowest BCUT2D eigenvalue weighted by Crippen LogP contribution is -2.49. The first-order valence-electron chi connectivity index (χ1n) is 9.88. The van der Waals surface area contributed by atoms with Gasteiger partial charge in [-0.3, -0.25) is 4.79 Å². The minimum Gasteiger partial charge on any atom is -0.459 e. The molecule has 1 amide bonds. The number of rotatable bonds is 5. The monoisotopic (exact) mass is 391 g/mol. The average molecular weight is 391 g/mol. The van der Waals surface area contributed by atoms with Gasteiger partial charge in [-0.1, -0.05) is 26.0 Å². The quantitative estimate of drug-likeness (QED) is 0.711. The van der Waals surface area contributed by atoms with E-state index in [1.807, 2.05) is 23.1 Å². The number of hydrogen-bond acceptors (Lipinski definition) is 6. The van der Waals surface area contributed by atoms with Gasteiger partial charge in [0.05, 0.1) is 6.26 Å². The summed E-state index contributed by atoms with van der Waals surface area (Å²) in [6.07, 6.45) is 3.28. The molecule has 1 aromatic carbocycles. The molecule has 7 heteroatoms. The van der Waals surface area contributed by atoms with Crippen LogP contribution in [0.3, 0.4) is 0 Å². The summed E-state index contributed by atoms with van der Waals surface area (Å²) >= 11 is 0. The van der Waals surface area contributed by atoms with Gasteiger partial charge in [0, 0.05) is 38.1 Å². The van der Waals surface area contributed by atoms with Crippen LogP contribution in [0.1, 0.15) is 35.9 Å². The molecular weight excluding hydrogens is 366 g/mol. The van der Waals surface area contributed by atoms with Crippen molar-refractivity contribution in [3.63, 3.8) is 0 Å². The number of benzene rings is 1. The topological polar surface area (TPSA) is 74.5 Å². The smallest absolute Gasteiger partial charge is 0.289 e. The Bertz CT molecular complexity index is 946. The number of hydrogen-bond donors (Lipinski definition) is 1. The normalized spacial score (nSPS) is 14.3. The van der Waals surface area contributed by atoms with E-state index < -0.39 is 0 Å². The van der Waals surface area contributed by atoms with Gasteiger partial charge in [0.2, 0.25) is 5.95 Å². The van der Waals surface area contributed by atoms with Crippen molar-refractivity contribution in [2.45, 2.75) is 19.8 Å². The summed E-state index contributed by atoms with van der Waals surface area (Å²) in [5, 5.41) is 3.27. The molecule has 4 rings (SSSR count). The van der Waals surface area contributed by atoms with E-state index >= 15 is 0 Å². The molecule has 3 aromatic rings.